The van der Waals surface area contributed by atoms with Crippen LogP contribution >= 0.6 is 0 Å². The number of rotatable bonds is 6. The molecule has 0 radical (unpaired) electrons. The average molecular weight is 380 g/mol. The Labute approximate surface area is 147 Å². The summed E-state index contributed by atoms with van der Waals surface area (Å²) in [4.78, 5) is 3.86. The van der Waals surface area contributed by atoms with Gasteiger partial charge in [-0.05, 0) is 24.3 Å². The lowest BCUT2D eigenvalue weighted by Gasteiger charge is -2.09. The lowest BCUT2D eigenvalue weighted by atomic mass is 10.3. The van der Waals surface area contributed by atoms with E-state index in [0.29, 0.717) is 24.1 Å². The second-order valence-electron chi connectivity index (χ2n) is 5.38. The predicted molar refractivity (Wildman–Crippen MR) is 89.7 cm³/mol. The Morgan fingerprint density at radius 1 is 1.15 bits per heavy atom. The summed E-state index contributed by atoms with van der Waals surface area (Å²) in [7, 11) is -2.28. The number of hydrogen-bond acceptors (Lipinski definition) is 6. The fourth-order valence-electron chi connectivity index (χ4n) is 2.13. The van der Waals surface area contributed by atoms with Gasteiger partial charge >= 0.3 is 0 Å². The second kappa shape index (κ2) is 7.04. The van der Waals surface area contributed by atoms with Crippen molar-refractivity contribution in [2.75, 3.05) is 10.0 Å². The smallest absolute Gasteiger partial charge is 0.263 e. The Hall–Kier alpha value is -3.08. The zero-order valence-corrected chi connectivity index (χ0v) is 14.3. The molecule has 0 amide bonds. The summed E-state index contributed by atoms with van der Waals surface area (Å²) in [6.07, 6.45) is 2.87. The molecule has 0 bridgehead atoms. The van der Waals surface area contributed by atoms with Gasteiger partial charge in [0.05, 0.1) is 12.2 Å². The second-order valence-corrected chi connectivity index (χ2v) is 7.06. The maximum absolute atomic E-state index is 13.2. The van der Waals surface area contributed by atoms with Crippen molar-refractivity contribution in [2.24, 2.45) is 7.05 Å². The third-order valence-electron chi connectivity index (χ3n) is 3.26. The van der Waals surface area contributed by atoms with Gasteiger partial charge < -0.3 is 5.32 Å². The molecule has 11 heteroatoms. The first-order valence-corrected chi connectivity index (χ1v) is 8.84. The summed E-state index contributed by atoms with van der Waals surface area (Å²) in [5.41, 5.74) is 0.480. The molecular weight excluding hydrogens is 366 g/mol. The fourth-order valence-corrected chi connectivity index (χ4v) is 3.11. The zero-order chi connectivity index (χ0) is 18.7. The van der Waals surface area contributed by atoms with Crippen molar-refractivity contribution in [1.82, 2.24) is 20.0 Å². The summed E-state index contributed by atoms with van der Waals surface area (Å²) < 4.78 is 54.6. The summed E-state index contributed by atoms with van der Waals surface area (Å²) in [6.45, 7) is 0.369. The van der Waals surface area contributed by atoms with Crippen molar-refractivity contribution in [3.8, 4) is 0 Å². The van der Waals surface area contributed by atoms with Crippen LogP contribution in [0.3, 0.4) is 0 Å². The molecule has 0 aliphatic carbocycles. The number of benzene rings is 1. The quantitative estimate of drug-likeness (QED) is 0.677. The van der Waals surface area contributed by atoms with E-state index in [4.69, 9.17) is 0 Å². The van der Waals surface area contributed by atoms with Gasteiger partial charge in [-0.25, -0.2) is 22.2 Å². The first-order chi connectivity index (χ1) is 12.3. The molecule has 1 aromatic carbocycles. The molecule has 2 heterocycles. The van der Waals surface area contributed by atoms with Gasteiger partial charge in [-0.3, -0.25) is 9.40 Å². The molecule has 8 nitrogen and oxygen atoms in total. The molecular formula is C15H14F2N6O2S. The largest absolute Gasteiger partial charge is 0.364 e. The van der Waals surface area contributed by atoms with Gasteiger partial charge in [0, 0.05) is 25.5 Å². The number of sulfonamides is 1. The average Bonchev–Trinajstić information content (AvgIpc) is 2.97. The molecule has 136 valence electrons. The third kappa shape index (κ3) is 4.30. The molecule has 0 aliphatic rings. The normalized spacial score (nSPS) is 11.3. The van der Waals surface area contributed by atoms with Crippen LogP contribution in [0, 0.1) is 11.6 Å². The Balaban J connectivity index is 1.70. The third-order valence-corrected chi connectivity index (χ3v) is 4.63. The van der Waals surface area contributed by atoms with Gasteiger partial charge in [-0.15, -0.1) is 5.10 Å². The molecule has 0 fully saturated rings. The molecule has 3 aromatic rings. The minimum Gasteiger partial charge on any atom is -0.364 e. The van der Waals surface area contributed by atoms with Gasteiger partial charge in [-0.2, -0.15) is 0 Å². The Bertz CT molecular complexity index is 1000. The first-order valence-electron chi connectivity index (χ1n) is 7.36. The van der Waals surface area contributed by atoms with Crippen LogP contribution in [-0.4, -0.2) is 28.4 Å². The monoisotopic (exact) mass is 380 g/mol. The van der Waals surface area contributed by atoms with Crippen molar-refractivity contribution >= 4 is 21.5 Å². The summed E-state index contributed by atoms with van der Waals surface area (Å²) >= 11 is 0. The maximum Gasteiger partial charge on any atom is 0.263 e. The van der Waals surface area contributed by atoms with E-state index in [1.54, 1.807) is 17.9 Å². The molecule has 2 N–H and O–H groups in total. The fraction of sp³-hybridized carbons (Fsp3) is 0.133. The number of halogens is 2. The number of hydrogen-bond donors (Lipinski definition) is 2. The number of pyridine rings is 1. The van der Waals surface area contributed by atoms with Crippen molar-refractivity contribution in [3.05, 3.63) is 60.1 Å². The number of aryl methyl sites for hydroxylation is 1. The van der Waals surface area contributed by atoms with Gasteiger partial charge in [0.25, 0.3) is 10.0 Å². The maximum atomic E-state index is 13.2. The van der Waals surface area contributed by atoms with E-state index in [0.717, 1.165) is 18.3 Å². The van der Waals surface area contributed by atoms with E-state index < -0.39 is 21.7 Å². The minimum atomic E-state index is -4.03. The van der Waals surface area contributed by atoms with Crippen LogP contribution < -0.4 is 10.0 Å². The van der Waals surface area contributed by atoms with Crippen molar-refractivity contribution in [3.63, 3.8) is 0 Å². The number of nitrogens with one attached hydrogen (secondary N) is 2. The lowest BCUT2D eigenvalue weighted by molar-refractivity contribution is 0.584. The van der Waals surface area contributed by atoms with Crippen molar-refractivity contribution in [2.45, 2.75) is 11.4 Å². The van der Waals surface area contributed by atoms with E-state index in [-0.39, 0.29) is 10.6 Å². The van der Waals surface area contributed by atoms with Crippen LogP contribution in [0.4, 0.5) is 20.3 Å². The van der Waals surface area contributed by atoms with Crippen LogP contribution in [0.1, 0.15) is 5.69 Å². The van der Waals surface area contributed by atoms with E-state index in [1.165, 1.54) is 12.1 Å². The topological polar surface area (TPSA) is 102 Å². The summed E-state index contributed by atoms with van der Waals surface area (Å²) in [6, 6.07) is 5.20. The predicted octanol–water partition coefficient (Wildman–Crippen LogP) is 1.90. The summed E-state index contributed by atoms with van der Waals surface area (Å²) in [5, 5.41) is 10.7. The van der Waals surface area contributed by atoms with Gasteiger partial charge in [0.15, 0.2) is 0 Å². The van der Waals surface area contributed by atoms with Crippen LogP contribution in [0.5, 0.6) is 0 Å². The lowest BCUT2D eigenvalue weighted by Crippen LogP contribution is -2.14. The Kier molecular flexibility index (Phi) is 4.80. The first kappa shape index (κ1) is 17.7. The Morgan fingerprint density at radius 2 is 1.88 bits per heavy atom. The van der Waals surface area contributed by atoms with Crippen LogP contribution in [-0.2, 0) is 23.6 Å². The number of nitrogens with zero attached hydrogens (tertiary/aromatic N) is 4. The highest BCUT2D eigenvalue weighted by molar-refractivity contribution is 7.92. The van der Waals surface area contributed by atoms with Crippen molar-refractivity contribution in [1.29, 1.82) is 0 Å². The van der Waals surface area contributed by atoms with Crippen LogP contribution in [0.2, 0.25) is 0 Å². The number of aromatic nitrogens is 4. The molecule has 3 rings (SSSR count). The molecule has 0 saturated heterocycles. The molecule has 0 unspecified atom stereocenters. The highest BCUT2D eigenvalue weighted by Crippen LogP contribution is 2.19. The van der Waals surface area contributed by atoms with Gasteiger partial charge in [0.1, 0.15) is 28.0 Å². The SMILES string of the molecule is Cn1cc(CNc2ccc(S(=O)(=O)Nc3cc(F)cc(F)c3)cn2)nn1. The highest BCUT2D eigenvalue weighted by Gasteiger charge is 2.16. The van der Waals surface area contributed by atoms with E-state index in [9.17, 15) is 17.2 Å². The highest BCUT2D eigenvalue weighted by atomic mass is 32.2. The standard InChI is InChI=1S/C15H14F2N6O2S/c1-23-9-13(20-22-23)7-18-15-3-2-14(8-19-15)26(24,25)21-12-5-10(16)4-11(17)6-12/h2-6,8-9,21H,7H2,1H3,(H,18,19). The summed E-state index contributed by atoms with van der Waals surface area (Å²) in [5.74, 6) is -1.33. The molecule has 0 atom stereocenters. The van der Waals surface area contributed by atoms with Crippen molar-refractivity contribution < 1.29 is 17.2 Å². The molecule has 2 aromatic heterocycles. The molecule has 0 aliphatic heterocycles. The van der Waals surface area contributed by atoms with E-state index in [1.807, 2.05) is 0 Å². The van der Waals surface area contributed by atoms with Gasteiger partial charge in [0.2, 0.25) is 0 Å². The molecule has 26 heavy (non-hydrogen) atoms. The van der Waals surface area contributed by atoms with Crippen LogP contribution in [0.15, 0.2) is 47.6 Å². The number of anilines is 2. The van der Waals surface area contributed by atoms with Gasteiger partial charge in [-0.1, -0.05) is 5.21 Å². The van der Waals surface area contributed by atoms with Crippen LogP contribution in [0.25, 0.3) is 0 Å². The molecule has 0 spiro atoms. The molecule has 0 saturated carbocycles. The van der Waals surface area contributed by atoms with E-state index >= 15 is 0 Å². The zero-order valence-electron chi connectivity index (χ0n) is 13.5. The minimum absolute atomic E-state index is 0.146. The van der Waals surface area contributed by atoms with E-state index in [2.05, 4.69) is 25.3 Å². The Morgan fingerprint density at radius 3 is 2.46 bits per heavy atom.